The number of para-hydroxylation sites is 1. The summed E-state index contributed by atoms with van der Waals surface area (Å²) in [6.07, 6.45) is 3.08. The molecule has 0 bridgehead atoms. The van der Waals surface area contributed by atoms with Gasteiger partial charge in [-0.3, -0.25) is 9.59 Å². The van der Waals surface area contributed by atoms with Crippen molar-refractivity contribution in [3.63, 3.8) is 0 Å². The molecule has 0 radical (unpaired) electrons. The molecule has 0 saturated carbocycles. The number of hydrogen-bond donors (Lipinski definition) is 1. The molecule has 3 aromatic rings. The van der Waals surface area contributed by atoms with E-state index < -0.39 is 0 Å². The number of hydrogen-bond acceptors (Lipinski definition) is 4. The number of carbonyl (C=O) groups is 2. The van der Waals surface area contributed by atoms with Crippen molar-refractivity contribution in [2.45, 2.75) is 6.42 Å². The number of furan rings is 1. The zero-order chi connectivity index (χ0) is 17.6. The second-order valence-electron chi connectivity index (χ2n) is 5.38. The van der Waals surface area contributed by atoms with Crippen LogP contribution in [-0.4, -0.2) is 19.0 Å². The lowest BCUT2D eigenvalue weighted by molar-refractivity contribution is -0.139. The molecule has 0 fully saturated rings. The first-order chi connectivity index (χ1) is 12.2. The van der Waals surface area contributed by atoms with E-state index in [0.29, 0.717) is 5.56 Å². The Labute approximate surface area is 144 Å². The number of benzene rings is 2. The number of esters is 1. The van der Waals surface area contributed by atoms with Crippen LogP contribution in [0.25, 0.3) is 22.3 Å². The number of methoxy groups -OCH3 is 1. The highest BCUT2D eigenvalue weighted by molar-refractivity contribution is 5.95. The molecule has 2 aromatic carbocycles. The maximum Gasteiger partial charge on any atom is 0.309 e. The molecule has 0 spiro atoms. The Hall–Kier alpha value is -3.34. The highest BCUT2D eigenvalue weighted by Crippen LogP contribution is 2.27. The van der Waals surface area contributed by atoms with E-state index in [2.05, 4.69) is 10.1 Å². The fourth-order valence-corrected chi connectivity index (χ4v) is 2.37. The number of rotatable bonds is 5. The van der Waals surface area contributed by atoms with Gasteiger partial charge in [-0.25, -0.2) is 0 Å². The zero-order valence-electron chi connectivity index (χ0n) is 13.7. The van der Waals surface area contributed by atoms with E-state index in [1.165, 1.54) is 19.4 Å². The normalized spacial score (nSPS) is 10.9. The van der Waals surface area contributed by atoms with E-state index in [4.69, 9.17) is 4.42 Å². The van der Waals surface area contributed by atoms with Crippen LogP contribution >= 0.6 is 0 Å². The second kappa shape index (κ2) is 7.49. The summed E-state index contributed by atoms with van der Waals surface area (Å²) in [5.41, 5.74) is 2.24. The molecule has 0 saturated heterocycles. The number of nitrogens with one attached hydrogen (secondary N) is 1. The Balaban J connectivity index is 1.67. The van der Waals surface area contributed by atoms with Crippen molar-refractivity contribution in [3.8, 4) is 11.3 Å². The van der Waals surface area contributed by atoms with Gasteiger partial charge in [-0.1, -0.05) is 36.4 Å². The van der Waals surface area contributed by atoms with Crippen LogP contribution in [0.1, 0.15) is 16.8 Å². The maximum atomic E-state index is 12.0. The van der Waals surface area contributed by atoms with Crippen molar-refractivity contribution in [1.29, 1.82) is 0 Å². The van der Waals surface area contributed by atoms with Crippen LogP contribution in [0.5, 0.6) is 0 Å². The molecule has 1 amide bonds. The summed E-state index contributed by atoms with van der Waals surface area (Å²) < 4.78 is 10.3. The molecule has 5 heteroatoms. The fourth-order valence-electron chi connectivity index (χ4n) is 2.37. The minimum atomic E-state index is -0.360. The van der Waals surface area contributed by atoms with Gasteiger partial charge in [-0.2, -0.15) is 0 Å². The quantitative estimate of drug-likeness (QED) is 0.718. The van der Waals surface area contributed by atoms with Gasteiger partial charge in [0.05, 0.1) is 13.5 Å². The summed E-state index contributed by atoms with van der Waals surface area (Å²) >= 11 is 0. The lowest BCUT2D eigenvalue weighted by Crippen LogP contribution is -2.17. The van der Waals surface area contributed by atoms with Gasteiger partial charge in [0.15, 0.2) is 0 Å². The second-order valence-corrected chi connectivity index (χ2v) is 5.38. The van der Waals surface area contributed by atoms with Gasteiger partial charge in [0.2, 0.25) is 0 Å². The molecule has 0 aliphatic heterocycles. The summed E-state index contributed by atoms with van der Waals surface area (Å²) in [5, 5.41) is 3.65. The van der Waals surface area contributed by atoms with E-state index in [9.17, 15) is 9.59 Å². The third kappa shape index (κ3) is 3.95. The van der Waals surface area contributed by atoms with Crippen LogP contribution in [0.2, 0.25) is 0 Å². The first-order valence-electron chi connectivity index (χ1n) is 7.79. The number of ether oxygens (including phenoxy) is 1. The van der Waals surface area contributed by atoms with Gasteiger partial charge >= 0.3 is 5.97 Å². The largest absolute Gasteiger partial charge is 0.469 e. The van der Waals surface area contributed by atoms with E-state index in [1.807, 2.05) is 42.5 Å². The smallest absolute Gasteiger partial charge is 0.309 e. The zero-order valence-corrected chi connectivity index (χ0v) is 13.7. The highest BCUT2D eigenvalue weighted by atomic mass is 16.5. The Morgan fingerprint density at radius 2 is 1.88 bits per heavy atom. The Morgan fingerprint density at radius 3 is 2.60 bits per heavy atom. The van der Waals surface area contributed by atoms with Gasteiger partial charge in [-0.15, -0.1) is 0 Å². The van der Waals surface area contributed by atoms with Crippen molar-refractivity contribution in [1.82, 2.24) is 5.32 Å². The number of fused-ring (bicyclic) bond motifs is 1. The summed E-state index contributed by atoms with van der Waals surface area (Å²) in [5.74, 6) is 0.143. The van der Waals surface area contributed by atoms with Gasteiger partial charge < -0.3 is 14.5 Å². The molecule has 0 atom stereocenters. The van der Waals surface area contributed by atoms with E-state index in [-0.39, 0.29) is 18.3 Å². The molecule has 0 aliphatic carbocycles. The van der Waals surface area contributed by atoms with E-state index >= 15 is 0 Å². The number of carbonyl (C=O) groups excluding carboxylic acids is 2. The predicted molar refractivity (Wildman–Crippen MR) is 94.9 cm³/mol. The molecule has 0 aliphatic rings. The van der Waals surface area contributed by atoms with Crippen LogP contribution < -0.4 is 5.32 Å². The lowest BCUT2D eigenvalue weighted by atomic mass is 10.1. The molecule has 1 N–H and O–H groups in total. The standard InChI is InChI=1S/C20H17NO4/c1-24-19(22)7-4-12-21-20(23)15-10-8-14(9-11-15)18-13-16-5-2-3-6-17(16)25-18/h2-6,8-13H,7H2,1H3,(H,21,23)/b12-4+. The number of amides is 1. The molecule has 5 nitrogen and oxygen atoms in total. The predicted octanol–water partition coefficient (Wildman–Crippen LogP) is 3.91. The molecule has 1 aromatic heterocycles. The Kier molecular flexibility index (Phi) is 4.95. The van der Waals surface area contributed by atoms with Gasteiger partial charge in [0.25, 0.3) is 5.91 Å². The summed E-state index contributed by atoms with van der Waals surface area (Å²) in [6.45, 7) is 0. The van der Waals surface area contributed by atoms with E-state index in [0.717, 1.165) is 22.3 Å². The topological polar surface area (TPSA) is 68.5 Å². The first-order valence-corrected chi connectivity index (χ1v) is 7.79. The van der Waals surface area contributed by atoms with Crippen molar-refractivity contribution < 1.29 is 18.7 Å². The highest BCUT2D eigenvalue weighted by Gasteiger charge is 2.08. The average Bonchev–Trinajstić information content (AvgIpc) is 3.09. The molecular formula is C20H17NO4. The molecule has 0 unspecified atom stereocenters. The van der Waals surface area contributed by atoms with Crippen molar-refractivity contribution in [2.75, 3.05) is 7.11 Å². The van der Waals surface area contributed by atoms with Gasteiger partial charge in [-0.05, 0) is 24.3 Å². The Morgan fingerprint density at radius 1 is 1.12 bits per heavy atom. The van der Waals surface area contributed by atoms with Crippen LogP contribution in [0.15, 0.2) is 71.3 Å². The summed E-state index contributed by atoms with van der Waals surface area (Å²) in [6, 6.07) is 16.9. The molecule has 25 heavy (non-hydrogen) atoms. The average molecular weight is 335 g/mol. The summed E-state index contributed by atoms with van der Waals surface area (Å²) in [7, 11) is 1.32. The van der Waals surface area contributed by atoms with Gasteiger partial charge in [0, 0.05) is 22.7 Å². The third-order valence-electron chi connectivity index (χ3n) is 3.70. The maximum absolute atomic E-state index is 12.0. The first kappa shape index (κ1) is 16.5. The van der Waals surface area contributed by atoms with Crippen LogP contribution in [0.3, 0.4) is 0 Å². The molecule has 1 heterocycles. The minimum absolute atomic E-state index is 0.113. The van der Waals surface area contributed by atoms with Crippen molar-refractivity contribution in [3.05, 3.63) is 72.4 Å². The molecular weight excluding hydrogens is 318 g/mol. The third-order valence-corrected chi connectivity index (χ3v) is 3.70. The van der Waals surface area contributed by atoms with Crippen LogP contribution in [0, 0.1) is 0 Å². The minimum Gasteiger partial charge on any atom is -0.469 e. The van der Waals surface area contributed by atoms with Crippen LogP contribution in [-0.2, 0) is 9.53 Å². The monoisotopic (exact) mass is 335 g/mol. The van der Waals surface area contributed by atoms with E-state index in [1.54, 1.807) is 12.1 Å². The Bertz CT molecular complexity index is 889. The summed E-state index contributed by atoms with van der Waals surface area (Å²) in [4.78, 5) is 23.0. The molecule has 3 rings (SSSR count). The van der Waals surface area contributed by atoms with Crippen LogP contribution in [0.4, 0.5) is 0 Å². The fraction of sp³-hybridized carbons (Fsp3) is 0.100. The lowest BCUT2D eigenvalue weighted by Gasteiger charge is -2.02. The van der Waals surface area contributed by atoms with Crippen molar-refractivity contribution >= 4 is 22.8 Å². The molecule has 126 valence electrons. The SMILES string of the molecule is COC(=O)C/C=C/NC(=O)c1ccc(-c2cc3ccccc3o2)cc1. The van der Waals surface area contributed by atoms with Crippen molar-refractivity contribution in [2.24, 2.45) is 0 Å². The van der Waals surface area contributed by atoms with Gasteiger partial charge in [0.1, 0.15) is 11.3 Å².